The number of para-hydroxylation sites is 1. The van der Waals surface area contributed by atoms with Gasteiger partial charge >= 0.3 is 5.97 Å². The second kappa shape index (κ2) is 7.16. The fraction of sp³-hybridized carbons (Fsp3) is 0.0625. The van der Waals surface area contributed by atoms with Crippen molar-refractivity contribution in [3.8, 4) is 11.5 Å². The molecule has 2 aromatic rings. The van der Waals surface area contributed by atoms with Gasteiger partial charge in [-0.3, -0.25) is 0 Å². The quantitative estimate of drug-likeness (QED) is 0.468. The first-order chi connectivity index (χ1) is 10.1. The van der Waals surface area contributed by atoms with Crippen molar-refractivity contribution in [1.29, 1.82) is 0 Å². The minimum Gasteiger partial charge on any atom is -0.496 e. The molecule has 0 spiro atoms. The SMILES string of the molecule is COc1ccccc1/C=C/C(=O)Oc1cc(Cl)ccc1Cl. The van der Waals surface area contributed by atoms with Crippen molar-refractivity contribution < 1.29 is 14.3 Å². The number of hydrogen-bond donors (Lipinski definition) is 0. The Morgan fingerprint density at radius 1 is 1.10 bits per heavy atom. The Morgan fingerprint density at radius 3 is 2.62 bits per heavy atom. The highest BCUT2D eigenvalue weighted by Gasteiger charge is 2.07. The zero-order valence-electron chi connectivity index (χ0n) is 11.2. The van der Waals surface area contributed by atoms with Crippen LogP contribution < -0.4 is 9.47 Å². The molecule has 21 heavy (non-hydrogen) atoms. The topological polar surface area (TPSA) is 35.5 Å². The monoisotopic (exact) mass is 322 g/mol. The van der Waals surface area contributed by atoms with Crippen molar-refractivity contribution in [2.24, 2.45) is 0 Å². The number of hydrogen-bond acceptors (Lipinski definition) is 3. The second-order valence-corrected chi connectivity index (χ2v) is 4.91. The number of carbonyl (C=O) groups is 1. The maximum absolute atomic E-state index is 11.8. The van der Waals surface area contributed by atoms with E-state index >= 15 is 0 Å². The van der Waals surface area contributed by atoms with E-state index < -0.39 is 5.97 Å². The van der Waals surface area contributed by atoms with E-state index in [1.807, 2.05) is 18.2 Å². The lowest BCUT2D eigenvalue weighted by atomic mass is 10.2. The standard InChI is InChI=1S/C16H12Cl2O3/c1-20-14-5-3-2-4-11(14)6-9-16(19)21-15-10-12(17)7-8-13(15)18/h2-10H,1H3/b9-6+. The largest absolute Gasteiger partial charge is 0.496 e. The summed E-state index contributed by atoms with van der Waals surface area (Å²) >= 11 is 11.8. The van der Waals surface area contributed by atoms with Crippen LogP contribution in [0.25, 0.3) is 6.08 Å². The Morgan fingerprint density at radius 2 is 1.86 bits per heavy atom. The third-order valence-electron chi connectivity index (χ3n) is 2.64. The summed E-state index contributed by atoms with van der Waals surface area (Å²) in [5, 5.41) is 0.759. The molecule has 0 fully saturated rings. The zero-order valence-corrected chi connectivity index (χ0v) is 12.7. The van der Waals surface area contributed by atoms with Gasteiger partial charge in [0.25, 0.3) is 0 Å². The summed E-state index contributed by atoms with van der Waals surface area (Å²) in [5.41, 5.74) is 0.772. The van der Waals surface area contributed by atoms with Crippen LogP contribution >= 0.6 is 23.2 Å². The predicted molar refractivity (Wildman–Crippen MR) is 84.1 cm³/mol. The summed E-state index contributed by atoms with van der Waals surface area (Å²) in [6.45, 7) is 0. The van der Waals surface area contributed by atoms with E-state index in [-0.39, 0.29) is 5.75 Å². The summed E-state index contributed by atoms with van der Waals surface area (Å²) in [6.07, 6.45) is 2.91. The maximum atomic E-state index is 11.8. The van der Waals surface area contributed by atoms with Crippen LogP contribution in [0.2, 0.25) is 10.0 Å². The van der Waals surface area contributed by atoms with Gasteiger partial charge < -0.3 is 9.47 Å². The summed E-state index contributed by atoms with van der Waals surface area (Å²) in [5.74, 6) is 0.339. The molecule has 2 aromatic carbocycles. The molecule has 0 saturated carbocycles. The smallest absolute Gasteiger partial charge is 0.336 e. The van der Waals surface area contributed by atoms with Crippen LogP contribution in [0.5, 0.6) is 11.5 Å². The molecule has 0 amide bonds. The summed E-state index contributed by atoms with van der Waals surface area (Å²) in [6, 6.07) is 12.0. The number of esters is 1. The van der Waals surface area contributed by atoms with Gasteiger partial charge in [-0.15, -0.1) is 0 Å². The highest BCUT2D eigenvalue weighted by atomic mass is 35.5. The molecule has 2 rings (SSSR count). The van der Waals surface area contributed by atoms with Crippen molar-refractivity contribution in [2.45, 2.75) is 0 Å². The Labute approximate surface area is 132 Å². The first kappa shape index (κ1) is 15.4. The molecular formula is C16H12Cl2O3. The van der Waals surface area contributed by atoms with Crippen LogP contribution in [0.4, 0.5) is 0 Å². The molecule has 0 N–H and O–H groups in total. The fourth-order valence-electron chi connectivity index (χ4n) is 1.66. The Hall–Kier alpha value is -1.97. The van der Waals surface area contributed by atoms with Crippen molar-refractivity contribution in [3.63, 3.8) is 0 Å². The van der Waals surface area contributed by atoms with Crippen molar-refractivity contribution in [2.75, 3.05) is 7.11 Å². The number of carbonyl (C=O) groups excluding carboxylic acids is 1. The van der Waals surface area contributed by atoms with E-state index in [1.54, 1.807) is 31.4 Å². The van der Waals surface area contributed by atoms with Gasteiger partial charge in [0, 0.05) is 22.7 Å². The Bertz CT molecular complexity index is 681. The molecule has 0 heterocycles. The molecular weight excluding hydrogens is 311 g/mol. The first-order valence-corrected chi connectivity index (χ1v) is 6.83. The normalized spacial score (nSPS) is 10.6. The third-order valence-corrected chi connectivity index (χ3v) is 3.19. The molecule has 108 valence electrons. The van der Waals surface area contributed by atoms with E-state index in [0.717, 1.165) is 5.56 Å². The average molecular weight is 323 g/mol. The molecule has 0 aliphatic heterocycles. The average Bonchev–Trinajstić information content (AvgIpc) is 2.49. The Kier molecular flexibility index (Phi) is 5.26. The van der Waals surface area contributed by atoms with E-state index in [1.165, 1.54) is 12.1 Å². The zero-order chi connectivity index (χ0) is 15.2. The lowest BCUT2D eigenvalue weighted by molar-refractivity contribution is -0.128. The number of rotatable bonds is 4. The van der Waals surface area contributed by atoms with E-state index in [0.29, 0.717) is 15.8 Å². The predicted octanol–water partition coefficient (Wildman–Crippen LogP) is 4.62. The first-order valence-electron chi connectivity index (χ1n) is 6.08. The third kappa shape index (κ3) is 4.25. The fourth-order valence-corrected chi connectivity index (χ4v) is 1.98. The van der Waals surface area contributed by atoms with Crippen LogP contribution in [-0.4, -0.2) is 13.1 Å². The summed E-state index contributed by atoms with van der Waals surface area (Å²) in [4.78, 5) is 11.8. The van der Waals surface area contributed by atoms with Gasteiger partial charge in [0.1, 0.15) is 5.75 Å². The molecule has 0 bridgehead atoms. The van der Waals surface area contributed by atoms with E-state index in [4.69, 9.17) is 32.7 Å². The number of ether oxygens (including phenoxy) is 2. The van der Waals surface area contributed by atoms with Gasteiger partial charge in [0.05, 0.1) is 12.1 Å². The van der Waals surface area contributed by atoms with Crippen LogP contribution in [0.1, 0.15) is 5.56 Å². The minimum absolute atomic E-state index is 0.221. The molecule has 3 nitrogen and oxygen atoms in total. The van der Waals surface area contributed by atoms with Gasteiger partial charge in [-0.2, -0.15) is 0 Å². The molecule has 0 saturated heterocycles. The minimum atomic E-state index is -0.551. The van der Waals surface area contributed by atoms with Crippen LogP contribution in [0.15, 0.2) is 48.5 Å². The van der Waals surface area contributed by atoms with Gasteiger partial charge in [-0.1, -0.05) is 41.4 Å². The van der Waals surface area contributed by atoms with E-state index in [9.17, 15) is 4.79 Å². The summed E-state index contributed by atoms with van der Waals surface area (Å²) in [7, 11) is 1.57. The molecule has 0 aliphatic carbocycles. The lowest BCUT2D eigenvalue weighted by Crippen LogP contribution is -2.04. The highest BCUT2D eigenvalue weighted by molar-refractivity contribution is 6.34. The van der Waals surface area contributed by atoms with Crippen molar-refractivity contribution >= 4 is 35.2 Å². The molecule has 0 atom stereocenters. The number of methoxy groups -OCH3 is 1. The van der Waals surface area contributed by atoms with Gasteiger partial charge in [0.2, 0.25) is 0 Å². The molecule has 5 heteroatoms. The lowest BCUT2D eigenvalue weighted by Gasteiger charge is -2.05. The van der Waals surface area contributed by atoms with Gasteiger partial charge in [-0.25, -0.2) is 4.79 Å². The van der Waals surface area contributed by atoms with Crippen LogP contribution in [0, 0.1) is 0 Å². The summed E-state index contributed by atoms with van der Waals surface area (Å²) < 4.78 is 10.3. The van der Waals surface area contributed by atoms with Crippen LogP contribution in [-0.2, 0) is 4.79 Å². The molecule has 0 aliphatic rings. The second-order valence-electron chi connectivity index (χ2n) is 4.07. The molecule has 0 unspecified atom stereocenters. The maximum Gasteiger partial charge on any atom is 0.336 e. The van der Waals surface area contributed by atoms with Crippen molar-refractivity contribution in [3.05, 3.63) is 64.1 Å². The molecule has 0 aromatic heterocycles. The molecule has 0 radical (unpaired) electrons. The Balaban J connectivity index is 2.11. The number of benzene rings is 2. The van der Waals surface area contributed by atoms with Gasteiger partial charge in [-0.05, 0) is 24.3 Å². The van der Waals surface area contributed by atoms with Crippen molar-refractivity contribution in [1.82, 2.24) is 0 Å². The van der Waals surface area contributed by atoms with E-state index in [2.05, 4.69) is 0 Å². The van der Waals surface area contributed by atoms with Crippen LogP contribution in [0.3, 0.4) is 0 Å². The van der Waals surface area contributed by atoms with Gasteiger partial charge in [0.15, 0.2) is 5.75 Å². The number of halogens is 2. The highest BCUT2D eigenvalue weighted by Crippen LogP contribution is 2.28.